The molecule has 1 atom stereocenters. The number of para-hydroxylation sites is 1. The van der Waals surface area contributed by atoms with Crippen molar-refractivity contribution in [3.63, 3.8) is 0 Å². The van der Waals surface area contributed by atoms with E-state index in [0.717, 1.165) is 23.3 Å². The minimum atomic E-state index is -0.619. The standard InChI is InChI=1S/C12H13NO3/c1-2-4-9-5-3-6-10-7-11(13(14)15)8-16-12(9)10/h2-3,5-6,11H,1,4,7-8H2. The molecule has 0 fully saturated rings. The highest BCUT2D eigenvalue weighted by Gasteiger charge is 2.29. The van der Waals surface area contributed by atoms with E-state index in [9.17, 15) is 10.1 Å². The lowest BCUT2D eigenvalue weighted by Gasteiger charge is -2.22. The third-order valence-corrected chi connectivity index (χ3v) is 2.72. The van der Waals surface area contributed by atoms with Crippen LogP contribution in [0.3, 0.4) is 0 Å². The van der Waals surface area contributed by atoms with Crippen molar-refractivity contribution in [2.75, 3.05) is 6.61 Å². The highest BCUT2D eigenvalue weighted by atomic mass is 16.6. The second kappa shape index (κ2) is 4.35. The summed E-state index contributed by atoms with van der Waals surface area (Å²) >= 11 is 0. The highest BCUT2D eigenvalue weighted by molar-refractivity contribution is 5.44. The van der Waals surface area contributed by atoms with Gasteiger partial charge in [0.2, 0.25) is 0 Å². The molecule has 2 rings (SSSR count). The largest absolute Gasteiger partial charge is 0.486 e. The van der Waals surface area contributed by atoms with Gasteiger partial charge in [-0.2, -0.15) is 0 Å². The summed E-state index contributed by atoms with van der Waals surface area (Å²) in [5.41, 5.74) is 1.97. The van der Waals surface area contributed by atoms with Gasteiger partial charge in [-0.05, 0) is 12.0 Å². The van der Waals surface area contributed by atoms with Crippen molar-refractivity contribution in [1.82, 2.24) is 0 Å². The predicted molar refractivity (Wildman–Crippen MR) is 60.3 cm³/mol. The highest BCUT2D eigenvalue weighted by Crippen LogP contribution is 2.30. The van der Waals surface area contributed by atoms with Crippen molar-refractivity contribution in [1.29, 1.82) is 0 Å². The van der Waals surface area contributed by atoms with Crippen LogP contribution in [-0.2, 0) is 12.8 Å². The van der Waals surface area contributed by atoms with E-state index >= 15 is 0 Å². The lowest BCUT2D eigenvalue weighted by atomic mass is 9.98. The first kappa shape index (κ1) is 10.7. The number of hydrogen-bond donors (Lipinski definition) is 0. The molecule has 1 aliphatic heterocycles. The zero-order chi connectivity index (χ0) is 11.5. The van der Waals surface area contributed by atoms with E-state index in [1.165, 1.54) is 0 Å². The molecule has 0 N–H and O–H groups in total. The molecular formula is C12H13NO3. The van der Waals surface area contributed by atoms with Crippen LogP contribution in [0, 0.1) is 10.1 Å². The van der Waals surface area contributed by atoms with E-state index in [1.54, 1.807) is 6.08 Å². The van der Waals surface area contributed by atoms with Crippen LogP contribution < -0.4 is 4.74 Å². The Hall–Kier alpha value is -1.84. The molecule has 4 heteroatoms. The van der Waals surface area contributed by atoms with Gasteiger partial charge in [-0.3, -0.25) is 10.1 Å². The van der Waals surface area contributed by atoms with Crippen LogP contribution in [0.25, 0.3) is 0 Å². The summed E-state index contributed by atoms with van der Waals surface area (Å²) in [5.74, 6) is 0.806. The van der Waals surface area contributed by atoms with E-state index < -0.39 is 6.04 Å². The Kier molecular flexibility index (Phi) is 2.90. The molecule has 1 unspecified atom stereocenters. The number of nitro groups is 1. The van der Waals surface area contributed by atoms with Gasteiger partial charge in [0.1, 0.15) is 5.75 Å². The van der Waals surface area contributed by atoms with Crippen molar-refractivity contribution in [3.05, 3.63) is 52.1 Å². The fourth-order valence-corrected chi connectivity index (χ4v) is 1.93. The van der Waals surface area contributed by atoms with Crippen LogP contribution in [0.2, 0.25) is 0 Å². The zero-order valence-corrected chi connectivity index (χ0v) is 8.89. The second-order valence-electron chi connectivity index (χ2n) is 3.85. The lowest BCUT2D eigenvalue weighted by molar-refractivity contribution is -0.525. The molecule has 84 valence electrons. The minimum Gasteiger partial charge on any atom is -0.486 e. The Labute approximate surface area is 93.7 Å². The van der Waals surface area contributed by atoms with Gasteiger partial charge >= 0.3 is 0 Å². The quantitative estimate of drug-likeness (QED) is 0.444. The molecule has 4 nitrogen and oxygen atoms in total. The lowest BCUT2D eigenvalue weighted by Crippen LogP contribution is -2.33. The van der Waals surface area contributed by atoms with Gasteiger partial charge in [-0.1, -0.05) is 24.3 Å². The number of nitrogens with zero attached hydrogens (tertiary/aromatic N) is 1. The molecule has 0 saturated carbocycles. The van der Waals surface area contributed by atoms with Gasteiger partial charge in [0, 0.05) is 16.9 Å². The van der Waals surface area contributed by atoms with E-state index in [0.29, 0.717) is 6.42 Å². The van der Waals surface area contributed by atoms with Gasteiger partial charge in [0.05, 0.1) is 0 Å². The van der Waals surface area contributed by atoms with Crippen molar-refractivity contribution in [3.8, 4) is 5.75 Å². The summed E-state index contributed by atoms with van der Waals surface area (Å²) in [5, 5.41) is 10.7. The summed E-state index contributed by atoms with van der Waals surface area (Å²) < 4.78 is 5.49. The van der Waals surface area contributed by atoms with Gasteiger partial charge < -0.3 is 4.74 Å². The Balaban J connectivity index is 2.30. The topological polar surface area (TPSA) is 52.4 Å². The van der Waals surface area contributed by atoms with Gasteiger partial charge in [-0.15, -0.1) is 6.58 Å². The molecule has 1 aromatic rings. The number of rotatable bonds is 3. The Morgan fingerprint density at radius 2 is 2.44 bits per heavy atom. The van der Waals surface area contributed by atoms with Crippen molar-refractivity contribution < 1.29 is 9.66 Å². The minimum absolute atomic E-state index is 0.161. The van der Waals surface area contributed by atoms with E-state index in [-0.39, 0.29) is 11.5 Å². The molecule has 0 radical (unpaired) electrons. The molecule has 0 amide bonds. The molecule has 0 aliphatic carbocycles. The third kappa shape index (κ3) is 1.91. The maximum atomic E-state index is 10.7. The molecular weight excluding hydrogens is 206 g/mol. The average Bonchev–Trinajstić information content (AvgIpc) is 2.29. The smallest absolute Gasteiger partial charge is 0.250 e. The van der Waals surface area contributed by atoms with Gasteiger partial charge in [-0.25, -0.2) is 0 Å². The second-order valence-corrected chi connectivity index (χ2v) is 3.85. The van der Waals surface area contributed by atoms with Crippen molar-refractivity contribution >= 4 is 0 Å². The number of ether oxygens (including phenoxy) is 1. The van der Waals surface area contributed by atoms with E-state index in [2.05, 4.69) is 6.58 Å². The zero-order valence-electron chi connectivity index (χ0n) is 8.89. The SMILES string of the molecule is C=CCc1cccc2c1OCC([N+](=O)[O-])C2. The number of benzene rings is 1. The van der Waals surface area contributed by atoms with Crippen molar-refractivity contribution in [2.45, 2.75) is 18.9 Å². The van der Waals surface area contributed by atoms with Gasteiger partial charge in [0.15, 0.2) is 6.61 Å². The van der Waals surface area contributed by atoms with Crippen LogP contribution in [0.1, 0.15) is 11.1 Å². The maximum absolute atomic E-state index is 10.7. The predicted octanol–water partition coefficient (Wildman–Crippen LogP) is 2.00. The Bertz CT molecular complexity index is 428. The maximum Gasteiger partial charge on any atom is 0.250 e. The van der Waals surface area contributed by atoms with E-state index in [4.69, 9.17) is 4.74 Å². The molecule has 0 aromatic heterocycles. The normalized spacial score (nSPS) is 18.4. The fraction of sp³-hybridized carbons (Fsp3) is 0.333. The first-order chi connectivity index (χ1) is 7.72. The molecule has 1 aliphatic rings. The molecule has 0 spiro atoms. The van der Waals surface area contributed by atoms with E-state index in [1.807, 2.05) is 18.2 Å². The summed E-state index contributed by atoms with van der Waals surface area (Å²) in [7, 11) is 0. The molecule has 16 heavy (non-hydrogen) atoms. The fourth-order valence-electron chi connectivity index (χ4n) is 1.93. The number of allylic oxidation sites excluding steroid dienone is 1. The Morgan fingerprint density at radius 1 is 1.62 bits per heavy atom. The summed E-state index contributed by atoms with van der Waals surface area (Å²) in [6, 6.07) is 5.14. The first-order valence-electron chi connectivity index (χ1n) is 5.20. The summed E-state index contributed by atoms with van der Waals surface area (Å²) in [6.45, 7) is 3.85. The summed E-state index contributed by atoms with van der Waals surface area (Å²) in [6.07, 6.45) is 2.98. The molecule has 1 heterocycles. The number of hydrogen-bond acceptors (Lipinski definition) is 3. The molecule has 0 saturated heterocycles. The molecule has 0 bridgehead atoms. The molecule has 1 aromatic carbocycles. The Morgan fingerprint density at radius 3 is 3.12 bits per heavy atom. The first-order valence-corrected chi connectivity index (χ1v) is 5.20. The van der Waals surface area contributed by atoms with Crippen LogP contribution >= 0.6 is 0 Å². The monoisotopic (exact) mass is 219 g/mol. The summed E-state index contributed by atoms with van der Waals surface area (Å²) in [4.78, 5) is 10.4. The van der Waals surface area contributed by atoms with Crippen LogP contribution in [0.4, 0.5) is 0 Å². The van der Waals surface area contributed by atoms with Gasteiger partial charge in [0.25, 0.3) is 6.04 Å². The number of fused-ring (bicyclic) bond motifs is 1. The van der Waals surface area contributed by atoms with Crippen molar-refractivity contribution in [2.24, 2.45) is 0 Å². The third-order valence-electron chi connectivity index (χ3n) is 2.72. The average molecular weight is 219 g/mol. The van der Waals surface area contributed by atoms with Crippen LogP contribution in [-0.4, -0.2) is 17.6 Å². The van der Waals surface area contributed by atoms with Crippen LogP contribution in [0.15, 0.2) is 30.9 Å². The van der Waals surface area contributed by atoms with Crippen LogP contribution in [0.5, 0.6) is 5.75 Å².